The third-order valence-electron chi connectivity index (χ3n) is 3.82. The van der Waals surface area contributed by atoms with Crippen molar-refractivity contribution in [2.75, 3.05) is 6.54 Å². The van der Waals surface area contributed by atoms with Gasteiger partial charge < -0.3 is 10.0 Å². The summed E-state index contributed by atoms with van der Waals surface area (Å²) in [6.07, 6.45) is 1.73. The minimum absolute atomic E-state index is 0.00534. The summed E-state index contributed by atoms with van der Waals surface area (Å²) in [7, 11) is 0. The quantitative estimate of drug-likeness (QED) is 0.920. The monoisotopic (exact) mass is 339 g/mol. The van der Waals surface area contributed by atoms with E-state index < -0.39 is 11.9 Å². The maximum Gasteiger partial charge on any atom is 0.308 e. The van der Waals surface area contributed by atoms with Gasteiger partial charge in [0.1, 0.15) is 0 Å². The summed E-state index contributed by atoms with van der Waals surface area (Å²) in [5, 5.41) is 9.10. The first-order chi connectivity index (χ1) is 9.47. The predicted molar refractivity (Wildman–Crippen MR) is 79.4 cm³/mol. The standard InChI is InChI=1S/C15H18BrNO3/c1-10-2-5-12(15(19)20)9-17(10)14(18)8-11-3-6-13(16)7-4-11/h3-4,6-7,10,12H,2,5,8-9H2,1H3,(H,19,20). The van der Waals surface area contributed by atoms with Gasteiger partial charge in [0.25, 0.3) is 0 Å². The van der Waals surface area contributed by atoms with E-state index >= 15 is 0 Å². The van der Waals surface area contributed by atoms with Crippen LogP contribution in [0.2, 0.25) is 0 Å². The first kappa shape index (κ1) is 15.0. The Labute approximate surface area is 126 Å². The first-order valence-electron chi connectivity index (χ1n) is 6.74. The minimum Gasteiger partial charge on any atom is -0.481 e. The Morgan fingerprint density at radius 2 is 1.95 bits per heavy atom. The van der Waals surface area contributed by atoms with Crippen molar-refractivity contribution in [3.63, 3.8) is 0 Å². The van der Waals surface area contributed by atoms with E-state index in [9.17, 15) is 9.59 Å². The van der Waals surface area contributed by atoms with E-state index in [1.807, 2.05) is 31.2 Å². The molecule has 2 unspecified atom stereocenters. The SMILES string of the molecule is CC1CCC(C(=O)O)CN1C(=O)Cc1ccc(Br)cc1. The molecule has 2 atom stereocenters. The number of amides is 1. The van der Waals surface area contributed by atoms with Crippen molar-refractivity contribution in [3.8, 4) is 0 Å². The predicted octanol–water partition coefficient (Wildman–Crippen LogP) is 2.70. The number of carbonyl (C=O) groups excluding carboxylic acids is 1. The van der Waals surface area contributed by atoms with Gasteiger partial charge in [-0.15, -0.1) is 0 Å². The average molecular weight is 340 g/mol. The van der Waals surface area contributed by atoms with Gasteiger partial charge in [-0.25, -0.2) is 0 Å². The number of piperidine rings is 1. The molecular formula is C15H18BrNO3. The molecule has 0 aliphatic carbocycles. The molecular weight excluding hydrogens is 322 g/mol. The Kier molecular flexibility index (Phi) is 4.81. The summed E-state index contributed by atoms with van der Waals surface area (Å²) < 4.78 is 0.978. The van der Waals surface area contributed by atoms with E-state index in [4.69, 9.17) is 5.11 Å². The van der Waals surface area contributed by atoms with Crippen LogP contribution in [0.25, 0.3) is 0 Å². The molecule has 0 radical (unpaired) electrons. The fourth-order valence-corrected chi connectivity index (χ4v) is 2.80. The fraction of sp³-hybridized carbons (Fsp3) is 0.467. The van der Waals surface area contributed by atoms with Crippen molar-refractivity contribution in [2.24, 2.45) is 5.92 Å². The number of carbonyl (C=O) groups is 2. The molecule has 1 aromatic carbocycles. The van der Waals surface area contributed by atoms with Crippen molar-refractivity contribution in [1.29, 1.82) is 0 Å². The van der Waals surface area contributed by atoms with Crippen LogP contribution in [-0.2, 0) is 16.0 Å². The molecule has 1 aliphatic heterocycles. The lowest BCUT2D eigenvalue weighted by Crippen LogP contribution is -2.47. The lowest BCUT2D eigenvalue weighted by molar-refractivity contribution is -0.146. The number of benzene rings is 1. The second-order valence-electron chi connectivity index (χ2n) is 5.31. The van der Waals surface area contributed by atoms with E-state index in [0.29, 0.717) is 19.4 Å². The third-order valence-corrected chi connectivity index (χ3v) is 4.35. The van der Waals surface area contributed by atoms with Gasteiger partial charge in [-0.3, -0.25) is 9.59 Å². The van der Waals surface area contributed by atoms with Gasteiger partial charge in [-0.05, 0) is 37.5 Å². The maximum atomic E-state index is 12.4. The number of halogens is 1. The van der Waals surface area contributed by atoms with Gasteiger partial charge in [0, 0.05) is 17.1 Å². The zero-order valence-electron chi connectivity index (χ0n) is 11.4. The molecule has 1 fully saturated rings. The molecule has 1 amide bonds. The highest BCUT2D eigenvalue weighted by Crippen LogP contribution is 2.23. The maximum absolute atomic E-state index is 12.4. The fourth-order valence-electron chi connectivity index (χ4n) is 2.53. The molecule has 0 saturated carbocycles. The van der Waals surface area contributed by atoms with E-state index in [-0.39, 0.29) is 11.9 Å². The Balaban J connectivity index is 2.03. The number of carboxylic acids is 1. The Bertz CT molecular complexity index is 500. The molecule has 1 saturated heterocycles. The van der Waals surface area contributed by atoms with Crippen LogP contribution in [0.4, 0.5) is 0 Å². The zero-order chi connectivity index (χ0) is 14.7. The molecule has 1 heterocycles. The number of likely N-dealkylation sites (tertiary alicyclic amines) is 1. The largest absolute Gasteiger partial charge is 0.481 e. The molecule has 1 aromatic rings. The summed E-state index contributed by atoms with van der Waals surface area (Å²) in [6, 6.07) is 7.75. The van der Waals surface area contributed by atoms with E-state index in [1.165, 1.54) is 0 Å². The van der Waals surface area contributed by atoms with E-state index in [0.717, 1.165) is 16.5 Å². The molecule has 1 N–H and O–H groups in total. The summed E-state index contributed by atoms with van der Waals surface area (Å²) in [4.78, 5) is 25.1. The van der Waals surface area contributed by atoms with Gasteiger partial charge in [-0.2, -0.15) is 0 Å². The molecule has 108 valence electrons. The highest BCUT2D eigenvalue weighted by Gasteiger charge is 2.32. The van der Waals surface area contributed by atoms with Gasteiger partial charge in [-0.1, -0.05) is 28.1 Å². The summed E-state index contributed by atoms with van der Waals surface area (Å²) in [6.45, 7) is 2.31. The van der Waals surface area contributed by atoms with Gasteiger partial charge in [0.2, 0.25) is 5.91 Å². The molecule has 5 heteroatoms. The molecule has 0 bridgehead atoms. The van der Waals surface area contributed by atoms with Crippen LogP contribution in [-0.4, -0.2) is 34.5 Å². The van der Waals surface area contributed by atoms with Gasteiger partial charge in [0.15, 0.2) is 0 Å². The third kappa shape index (κ3) is 3.60. The Hall–Kier alpha value is -1.36. The van der Waals surface area contributed by atoms with Crippen molar-refractivity contribution < 1.29 is 14.7 Å². The summed E-state index contributed by atoms with van der Waals surface area (Å²) in [5.41, 5.74) is 0.947. The second kappa shape index (κ2) is 6.39. The van der Waals surface area contributed by atoms with Crippen molar-refractivity contribution >= 4 is 27.8 Å². The molecule has 0 aromatic heterocycles. The molecule has 0 spiro atoms. The van der Waals surface area contributed by atoms with Crippen LogP contribution >= 0.6 is 15.9 Å². The molecule has 20 heavy (non-hydrogen) atoms. The number of aliphatic carboxylic acids is 1. The lowest BCUT2D eigenvalue weighted by Gasteiger charge is -2.36. The lowest BCUT2D eigenvalue weighted by atomic mass is 9.93. The normalized spacial score (nSPS) is 22.6. The van der Waals surface area contributed by atoms with Crippen LogP contribution in [0.5, 0.6) is 0 Å². The Morgan fingerprint density at radius 1 is 1.30 bits per heavy atom. The highest BCUT2D eigenvalue weighted by atomic mass is 79.9. The number of hydrogen-bond acceptors (Lipinski definition) is 2. The van der Waals surface area contributed by atoms with Crippen molar-refractivity contribution in [3.05, 3.63) is 34.3 Å². The van der Waals surface area contributed by atoms with Crippen LogP contribution < -0.4 is 0 Å². The first-order valence-corrected chi connectivity index (χ1v) is 7.53. The van der Waals surface area contributed by atoms with Crippen molar-refractivity contribution in [1.82, 2.24) is 4.90 Å². The molecule has 4 nitrogen and oxygen atoms in total. The number of carboxylic acid groups (broad SMARTS) is 1. The highest BCUT2D eigenvalue weighted by molar-refractivity contribution is 9.10. The summed E-state index contributed by atoms with van der Waals surface area (Å²) >= 11 is 3.36. The molecule has 1 aliphatic rings. The van der Waals surface area contributed by atoms with Crippen molar-refractivity contribution in [2.45, 2.75) is 32.2 Å². The van der Waals surface area contributed by atoms with Gasteiger partial charge in [0.05, 0.1) is 12.3 Å². The topological polar surface area (TPSA) is 57.6 Å². The molecule has 2 rings (SSSR count). The number of nitrogens with zero attached hydrogens (tertiary/aromatic N) is 1. The minimum atomic E-state index is -0.807. The average Bonchev–Trinajstić information content (AvgIpc) is 2.41. The Morgan fingerprint density at radius 3 is 2.55 bits per heavy atom. The number of hydrogen-bond donors (Lipinski definition) is 1. The smallest absolute Gasteiger partial charge is 0.308 e. The van der Waals surface area contributed by atoms with Gasteiger partial charge >= 0.3 is 5.97 Å². The van der Waals surface area contributed by atoms with E-state index in [2.05, 4.69) is 15.9 Å². The number of rotatable bonds is 3. The van der Waals surface area contributed by atoms with E-state index in [1.54, 1.807) is 4.90 Å². The van der Waals surface area contributed by atoms with Crippen LogP contribution in [0, 0.1) is 5.92 Å². The zero-order valence-corrected chi connectivity index (χ0v) is 13.0. The van der Waals surface area contributed by atoms with Crippen LogP contribution in [0.3, 0.4) is 0 Å². The van der Waals surface area contributed by atoms with Crippen LogP contribution in [0.1, 0.15) is 25.3 Å². The second-order valence-corrected chi connectivity index (χ2v) is 6.23. The summed E-state index contributed by atoms with van der Waals surface area (Å²) in [5.74, 6) is -1.23. The van der Waals surface area contributed by atoms with Crippen LogP contribution in [0.15, 0.2) is 28.7 Å².